The summed E-state index contributed by atoms with van der Waals surface area (Å²) in [5.74, 6) is 0.760. The molecule has 18 heavy (non-hydrogen) atoms. The zero-order valence-corrected chi connectivity index (χ0v) is 10.5. The van der Waals surface area contributed by atoms with Crippen LogP contribution in [-0.2, 0) is 0 Å². The number of aryl methyl sites for hydroxylation is 1. The van der Waals surface area contributed by atoms with Gasteiger partial charge < -0.3 is 10.1 Å². The molecular weight excluding hydrogens is 233 g/mol. The van der Waals surface area contributed by atoms with Gasteiger partial charge in [-0.25, -0.2) is 14.4 Å². The van der Waals surface area contributed by atoms with Gasteiger partial charge in [0.2, 0.25) is 5.88 Å². The summed E-state index contributed by atoms with van der Waals surface area (Å²) < 4.78 is 19.1. The third-order valence-electron chi connectivity index (χ3n) is 2.57. The first-order valence-corrected chi connectivity index (χ1v) is 5.55. The van der Waals surface area contributed by atoms with E-state index in [1.807, 2.05) is 13.8 Å². The van der Waals surface area contributed by atoms with Gasteiger partial charge in [-0.15, -0.1) is 0 Å². The quantitative estimate of drug-likeness (QED) is 0.905. The second kappa shape index (κ2) is 5.00. The number of rotatable bonds is 3. The first kappa shape index (κ1) is 12.3. The minimum atomic E-state index is -0.412. The number of aromatic nitrogens is 2. The minimum absolute atomic E-state index is 0.166. The molecule has 1 aromatic carbocycles. The number of ether oxygens (including phenoxy) is 1. The van der Waals surface area contributed by atoms with Crippen molar-refractivity contribution in [3.63, 3.8) is 0 Å². The van der Waals surface area contributed by atoms with Crippen molar-refractivity contribution < 1.29 is 9.13 Å². The van der Waals surface area contributed by atoms with E-state index in [2.05, 4.69) is 15.3 Å². The summed E-state index contributed by atoms with van der Waals surface area (Å²) in [5, 5.41) is 2.92. The lowest BCUT2D eigenvalue weighted by molar-refractivity contribution is 0.423. The maximum absolute atomic E-state index is 13.6. The second-order valence-electron chi connectivity index (χ2n) is 3.94. The standard InChI is InChI=1S/C13H14FN3O/c1-8-4-5-10(14)11(6-8)18-13-9(2)12(15-3)16-7-17-13/h4-7H,1-3H3,(H,15,16,17). The molecule has 4 nitrogen and oxygen atoms in total. The molecular formula is C13H14FN3O. The predicted molar refractivity (Wildman–Crippen MR) is 67.5 cm³/mol. The van der Waals surface area contributed by atoms with E-state index in [9.17, 15) is 4.39 Å². The van der Waals surface area contributed by atoms with Crippen LogP contribution in [0, 0.1) is 19.7 Å². The molecule has 1 aromatic heterocycles. The van der Waals surface area contributed by atoms with Gasteiger partial charge in [0, 0.05) is 7.05 Å². The molecule has 1 N–H and O–H groups in total. The molecule has 2 aromatic rings. The normalized spacial score (nSPS) is 10.2. The highest BCUT2D eigenvalue weighted by Crippen LogP contribution is 2.28. The molecule has 0 saturated heterocycles. The van der Waals surface area contributed by atoms with E-state index in [4.69, 9.17) is 4.74 Å². The molecule has 1 heterocycles. The van der Waals surface area contributed by atoms with E-state index in [1.165, 1.54) is 12.4 Å². The van der Waals surface area contributed by atoms with Gasteiger partial charge in [-0.2, -0.15) is 0 Å². The van der Waals surface area contributed by atoms with Crippen molar-refractivity contribution in [2.45, 2.75) is 13.8 Å². The Kier molecular flexibility index (Phi) is 3.41. The fraction of sp³-hybridized carbons (Fsp3) is 0.231. The number of benzene rings is 1. The predicted octanol–water partition coefficient (Wildman–Crippen LogP) is 3.07. The van der Waals surface area contributed by atoms with Crippen LogP contribution >= 0.6 is 0 Å². The third kappa shape index (κ3) is 2.40. The van der Waals surface area contributed by atoms with Gasteiger partial charge in [0.25, 0.3) is 0 Å². The Morgan fingerprint density at radius 3 is 2.72 bits per heavy atom. The summed E-state index contributed by atoms with van der Waals surface area (Å²) in [6.07, 6.45) is 1.38. The summed E-state index contributed by atoms with van der Waals surface area (Å²) in [6.45, 7) is 3.69. The minimum Gasteiger partial charge on any atom is -0.435 e. The lowest BCUT2D eigenvalue weighted by atomic mass is 10.2. The maximum Gasteiger partial charge on any atom is 0.227 e. The van der Waals surface area contributed by atoms with E-state index in [1.54, 1.807) is 19.2 Å². The molecule has 5 heteroatoms. The van der Waals surface area contributed by atoms with Crippen molar-refractivity contribution in [2.24, 2.45) is 0 Å². The molecule has 0 bridgehead atoms. The third-order valence-corrected chi connectivity index (χ3v) is 2.57. The molecule has 0 saturated carbocycles. The molecule has 0 radical (unpaired) electrons. The van der Waals surface area contributed by atoms with Gasteiger partial charge in [0.1, 0.15) is 12.1 Å². The molecule has 0 fully saturated rings. The van der Waals surface area contributed by atoms with Crippen LogP contribution in [0.1, 0.15) is 11.1 Å². The van der Waals surface area contributed by atoms with Crippen molar-refractivity contribution in [1.29, 1.82) is 0 Å². The first-order valence-electron chi connectivity index (χ1n) is 5.55. The Morgan fingerprint density at radius 2 is 2.00 bits per heavy atom. The van der Waals surface area contributed by atoms with Crippen molar-refractivity contribution in [2.75, 3.05) is 12.4 Å². The van der Waals surface area contributed by atoms with E-state index in [0.29, 0.717) is 11.7 Å². The van der Waals surface area contributed by atoms with E-state index < -0.39 is 5.82 Å². The molecule has 2 rings (SSSR count). The number of hydrogen-bond donors (Lipinski definition) is 1. The van der Waals surface area contributed by atoms with Gasteiger partial charge in [0.05, 0.1) is 5.56 Å². The number of nitrogens with one attached hydrogen (secondary N) is 1. The lowest BCUT2D eigenvalue weighted by Gasteiger charge is -2.10. The van der Waals surface area contributed by atoms with Gasteiger partial charge in [-0.3, -0.25) is 0 Å². The zero-order valence-electron chi connectivity index (χ0n) is 10.5. The molecule has 0 atom stereocenters. The van der Waals surface area contributed by atoms with E-state index in [0.717, 1.165) is 11.1 Å². The Morgan fingerprint density at radius 1 is 1.22 bits per heavy atom. The smallest absolute Gasteiger partial charge is 0.227 e. The molecule has 0 aliphatic heterocycles. The van der Waals surface area contributed by atoms with Gasteiger partial charge in [-0.1, -0.05) is 6.07 Å². The molecule has 0 spiro atoms. The maximum atomic E-state index is 13.6. The lowest BCUT2D eigenvalue weighted by Crippen LogP contribution is -2.00. The zero-order chi connectivity index (χ0) is 13.1. The summed E-state index contributed by atoms with van der Waals surface area (Å²) in [4.78, 5) is 8.06. The Balaban J connectivity index is 2.37. The summed E-state index contributed by atoms with van der Waals surface area (Å²) in [6, 6.07) is 4.70. The molecule has 0 aliphatic rings. The fourth-order valence-corrected chi connectivity index (χ4v) is 1.58. The number of anilines is 1. The number of hydrogen-bond acceptors (Lipinski definition) is 4. The van der Waals surface area contributed by atoms with Crippen LogP contribution in [0.3, 0.4) is 0 Å². The molecule has 94 valence electrons. The van der Waals surface area contributed by atoms with E-state index in [-0.39, 0.29) is 5.75 Å². The van der Waals surface area contributed by atoms with Crippen molar-refractivity contribution in [3.8, 4) is 11.6 Å². The Hall–Kier alpha value is -2.17. The second-order valence-corrected chi connectivity index (χ2v) is 3.94. The van der Waals surface area contributed by atoms with Crippen LogP contribution in [0.15, 0.2) is 24.5 Å². The largest absolute Gasteiger partial charge is 0.435 e. The summed E-state index contributed by atoms with van der Waals surface area (Å²) >= 11 is 0. The molecule has 0 aliphatic carbocycles. The van der Waals surface area contributed by atoms with E-state index >= 15 is 0 Å². The van der Waals surface area contributed by atoms with Crippen LogP contribution < -0.4 is 10.1 Å². The average molecular weight is 247 g/mol. The Bertz CT molecular complexity index is 572. The van der Waals surface area contributed by atoms with Crippen LogP contribution in [0.4, 0.5) is 10.2 Å². The van der Waals surface area contributed by atoms with Gasteiger partial charge >= 0.3 is 0 Å². The topological polar surface area (TPSA) is 47.0 Å². The summed E-state index contributed by atoms with van der Waals surface area (Å²) in [7, 11) is 1.76. The first-order chi connectivity index (χ1) is 8.61. The SMILES string of the molecule is CNc1ncnc(Oc2cc(C)ccc2F)c1C. The van der Waals surface area contributed by atoms with Gasteiger partial charge in [0.15, 0.2) is 11.6 Å². The van der Waals surface area contributed by atoms with Gasteiger partial charge in [-0.05, 0) is 31.5 Å². The van der Waals surface area contributed by atoms with Crippen molar-refractivity contribution in [3.05, 3.63) is 41.5 Å². The highest BCUT2D eigenvalue weighted by molar-refractivity contribution is 5.48. The van der Waals surface area contributed by atoms with Crippen LogP contribution in [0.2, 0.25) is 0 Å². The average Bonchev–Trinajstić information content (AvgIpc) is 2.36. The monoisotopic (exact) mass is 247 g/mol. The number of nitrogens with zero attached hydrogens (tertiary/aromatic N) is 2. The van der Waals surface area contributed by atoms with Crippen LogP contribution in [0.25, 0.3) is 0 Å². The van der Waals surface area contributed by atoms with Crippen molar-refractivity contribution >= 4 is 5.82 Å². The highest BCUT2D eigenvalue weighted by Gasteiger charge is 2.11. The molecule has 0 amide bonds. The molecule has 0 unspecified atom stereocenters. The fourth-order valence-electron chi connectivity index (χ4n) is 1.58. The number of halogens is 1. The van der Waals surface area contributed by atoms with Crippen LogP contribution in [-0.4, -0.2) is 17.0 Å². The highest BCUT2D eigenvalue weighted by atomic mass is 19.1. The Labute approximate surface area is 105 Å². The van der Waals surface area contributed by atoms with Crippen molar-refractivity contribution in [1.82, 2.24) is 9.97 Å². The summed E-state index contributed by atoms with van der Waals surface area (Å²) in [5.41, 5.74) is 1.66. The van der Waals surface area contributed by atoms with Crippen LogP contribution in [0.5, 0.6) is 11.6 Å².